The predicted molar refractivity (Wildman–Crippen MR) is 260 cm³/mol. The minimum absolute atomic E-state index is 0.00196. The third-order valence-electron chi connectivity index (χ3n) is 9.23. The first-order valence-corrected chi connectivity index (χ1v) is 23.7. The summed E-state index contributed by atoms with van der Waals surface area (Å²) in [6, 6.07) is 0. The Bertz CT molecular complexity index is 1300. The topological polar surface area (TPSA) is 61.8 Å². The average Bonchev–Trinajstić information content (AvgIpc) is 3.25. The molecule has 0 fully saturated rings. The van der Waals surface area contributed by atoms with Gasteiger partial charge in [0, 0.05) is 13.0 Å². The molecule has 0 N–H and O–H groups in total. The van der Waals surface area contributed by atoms with Crippen LogP contribution in [-0.2, 0) is 23.8 Å². The van der Waals surface area contributed by atoms with E-state index in [1.54, 1.807) is 0 Å². The molecule has 0 saturated carbocycles. The maximum absolute atomic E-state index is 12.7. The standard InChI is InChI=1S/C55H86O5/c1-4-7-10-13-16-19-22-24-26-27-28-29-31-32-34-36-39-42-45-48-54(56)59-52-53(51-58-50-47-44-41-38-21-18-15-12-9-6-3)60-55(57)49-46-43-40-37-35-33-30-25-23-20-17-14-11-8-5-2/h7-8,10-11,16-17,19-20,24-26,28-30,32,34-35,37,39,42-43,46,53H,4-6,9,12-15,18,21-23,27,31,33,36,38,40-41,44-45,47-52H2,1-3H3/b10-7-,11-8-,19-16-,20-17-,26-24-,29-28-,30-25-,34-32-,37-35-,42-39-,46-43-. The molecular weight excluding hydrogens is 741 g/mol. The van der Waals surface area contributed by atoms with Gasteiger partial charge in [-0.3, -0.25) is 9.59 Å². The van der Waals surface area contributed by atoms with Gasteiger partial charge in [-0.2, -0.15) is 0 Å². The molecule has 0 spiro atoms. The SMILES string of the molecule is CC/C=C\C/C=C\C/C=C\C/C=C\C/C=C\C/C=C\CCC(=O)OCC(COCCCCCCCCCCCC)OC(=O)C/C=C\C/C=C\C/C=C\C/C=C\C/C=C\CC. The van der Waals surface area contributed by atoms with E-state index in [1.807, 2.05) is 18.2 Å². The molecule has 0 aromatic carbocycles. The highest BCUT2D eigenvalue weighted by Crippen LogP contribution is 2.11. The zero-order valence-corrected chi connectivity index (χ0v) is 38.4. The number of esters is 2. The van der Waals surface area contributed by atoms with Crippen LogP contribution in [-0.4, -0.2) is 37.9 Å². The maximum Gasteiger partial charge on any atom is 0.310 e. The van der Waals surface area contributed by atoms with Crippen LogP contribution in [0.5, 0.6) is 0 Å². The van der Waals surface area contributed by atoms with E-state index in [2.05, 4.69) is 136 Å². The molecule has 1 atom stereocenters. The number of ether oxygens (including phenoxy) is 3. The predicted octanol–water partition coefficient (Wildman–Crippen LogP) is 16.0. The van der Waals surface area contributed by atoms with Crippen LogP contribution in [0, 0.1) is 0 Å². The van der Waals surface area contributed by atoms with Crippen molar-refractivity contribution in [1.29, 1.82) is 0 Å². The molecule has 0 aromatic heterocycles. The van der Waals surface area contributed by atoms with Crippen LogP contribution in [0.2, 0.25) is 0 Å². The van der Waals surface area contributed by atoms with E-state index in [4.69, 9.17) is 14.2 Å². The molecule has 0 aliphatic carbocycles. The minimum Gasteiger partial charge on any atom is -0.462 e. The number of hydrogen-bond acceptors (Lipinski definition) is 5. The lowest BCUT2D eigenvalue weighted by molar-refractivity contribution is -0.162. The summed E-state index contributed by atoms with van der Waals surface area (Å²) < 4.78 is 17.1. The molecule has 0 aromatic rings. The number of carbonyl (C=O) groups is 2. The molecule has 0 rings (SSSR count). The van der Waals surface area contributed by atoms with Gasteiger partial charge in [0.05, 0.1) is 13.0 Å². The molecule has 0 radical (unpaired) electrons. The third-order valence-corrected chi connectivity index (χ3v) is 9.23. The Kier molecular flexibility index (Phi) is 46.1. The second kappa shape index (κ2) is 49.4. The van der Waals surface area contributed by atoms with Crippen molar-refractivity contribution in [2.24, 2.45) is 0 Å². The monoisotopic (exact) mass is 827 g/mol. The van der Waals surface area contributed by atoms with Crippen molar-refractivity contribution in [2.45, 2.75) is 181 Å². The van der Waals surface area contributed by atoms with Gasteiger partial charge in [-0.15, -0.1) is 0 Å². The van der Waals surface area contributed by atoms with Crippen LogP contribution >= 0.6 is 0 Å². The molecule has 0 aliphatic rings. The van der Waals surface area contributed by atoms with Crippen molar-refractivity contribution in [3.05, 3.63) is 134 Å². The van der Waals surface area contributed by atoms with Crippen LogP contribution in [0.4, 0.5) is 0 Å². The zero-order valence-electron chi connectivity index (χ0n) is 38.4. The highest BCUT2D eigenvalue weighted by atomic mass is 16.6. The summed E-state index contributed by atoms with van der Waals surface area (Å²) in [6.07, 6.45) is 70.6. The largest absolute Gasteiger partial charge is 0.462 e. The third kappa shape index (κ3) is 46.7. The summed E-state index contributed by atoms with van der Waals surface area (Å²) in [7, 11) is 0. The smallest absolute Gasteiger partial charge is 0.310 e. The van der Waals surface area contributed by atoms with E-state index in [1.165, 1.54) is 51.4 Å². The Balaban J connectivity index is 4.51. The molecule has 336 valence electrons. The minimum atomic E-state index is -0.627. The van der Waals surface area contributed by atoms with Crippen LogP contribution < -0.4 is 0 Å². The first kappa shape index (κ1) is 56.0. The lowest BCUT2D eigenvalue weighted by Crippen LogP contribution is -2.29. The molecule has 0 amide bonds. The Labute approximate surface area is 369 Å². The van der Waals surface area contributed by atoms with E-state index in [-0.39, 0.29) is 38.0 Å². The lowest BCUT2D eigenvalue weighted by atomic mass is 10.1. The Morgan fingerprint density at radius 3 is 1.18 bits per heavy atom. The van der Waals surface area contributed by atoms with Gasteiger partial charge in [-0.25, -0.2) is 0 Å². The van der Waals surface area contributed by atoms with Crippen molar-refractivity contribution in [3.8, 4) is 0 Å². The fourth-order valence-electron chi connectivity index (χ4n) is 5.79. The van der Waals surface area contributed by atoms with Gasteiger partial charge in [-0.05, 0) is 83.5 Å². The van der Waals surface area contributed by atoms with Crippen molar-refractivity contribution in [1.82, 2.24) is 0 Å². The van der Waals surface area contributed by atoms with Gasteiger partial charge in [-0.1, -0.05) is 212 Å². The van der Waals surface area contributed by atoms with Crippen LogP contribution in [0.1, 0.15) is 175 Å². The number of hydrogen-bond donors (Lipinski definition) is 0. The normalized spacial score (nSPS) is 13.4. The summed E-state index contributed by atoms with van der Waals surface area (Å²) in [5, 5.41) is 0. The van der Waals surface area contributed by atoms with Crippen molar-refractivity contribution >= 4 is 11.9 Å². The second-order valence-electron chi connectivity index (χ2n) is 14.9. The van der Waals surface area contributed by atoms with Gasteiger partial charge in [0.15, 0.2) is 6.10 Å². The molecule has 0 aliphatic heterocycles. The number of unbranched alkanes of at least 4 members (excludes halogenated alkanes) is 9. The number of rotatable bonds is 41. The van der Waals surface area contributed by atoms with Gasteiger partial charge in [0.25, 0.3) is 0 Å². The molecule has 0 bridgehead atoms. The molecule has 60 heavy (non-hydrogen) atoms. The summed E-state index contributed by atoms with van der Waals surface area (Å²) in [5.74, 6) is -0.652. The quantitative estimate of drug-likeness (QED) is 0.0349. The van der Waals surface area contributed by atoms with Crippen LogP contribution in [0.3, 0.4) is 0 Å². The molecule has 1 unspecified atom stereocenters. The number of allylic oxidation sites excluding steroid dienone is 21. The number of carbonyl (C=O) groups excluding carboxylic acids is 2. The summed E-state index contributed by atoms with van der Waals surface area (Å²) >= 11 is 0. The summed E-state index contributed by atoms with van der Waals surface area (Å²) in [6.45, 7) is 7.37. The second-order valence-corrected chi connectivity index (χ2v) is 14.9. The molecule has 5 heteroatoms. The summed E-state index contributed by atoms with van der Waals surface area (Å²) in [4.78, 5) is 25.2. The summed E-state index contributed by atoms with van der Waals surface area (Å²) in [5.41, 5.74) is 0. The fourth-order valence-corrected chi connectivity index (χ4v) is 5.79. The fraction of sp³-hybridized carbons (Fsp3) is 0.564. The van der Waals surface area contributed by atoms with Crippen LogP contribution in [0.15, 0.2) is 134 Å². The van der Waals surface area contributed by atoms with Crippen LogP contribution in [0.25, 0.3) is 0 Å². The maximum atomic E-state index is 12.7. The Morgan fingerprint density at radius 1 is 0.400 bits per heavy atom. The van der Waals surface area contributed by atoms with E-state index >= 15 is 0 Å². The lowest BCUT2D eigenvalue weighted by Gasteiger charge is -2.18. The van der Waals surface area contributed by atoms with Crippen molar-refractivity contribution < 1.29 is 23.8 Å². The Hall–Kier alpha value is -3.96. The highest BCUT2D eigenvalue weighted by molar-refractivity contribution is 5.71. The Morgan fingerprint density at radius 2 is 0.767 bits per heavy atom. The zero-order chi connectivity index (χ0) is 43.5. The van der Waals surface area contributed by atoms with Gasteiger partial charge < -0.3 is 14.2 Å². The van der Waals surface area contributed by atoms with Gasteiger partial charge in [0.2, 0.25) is 0 Å². The first-order chi connectivity index (χ1) is 29.6. The van der Waals surface area contributed by atoms with Crippen molar-refractivity contribution in [2.75, 3.05) is 19.8 Å². The first-order valence-electron chi connectivity index (χ1n) is 23.7. The highest BCUT2D eigenvalue weighted by Gasteiger charge is 2.17. The molecular formula is C55H86O5. The van der Waals surface area contributed by atoms with Gasteiger partial charge in [0.1, 0.15) is 6.61 Å². The van der Waals surface area contributed by atoms with E-state index in [0.717, 1.165) is 83.5 Å². The van der Waals surface area contributed by atoms with Gasteiger partial charge >= 0.3 is 11.9 Å². The van der Waals surface area contributed by atoms with E-state index < -0.39 is 6.10 Å². The molecule has 0 saturated heterocycles. The molecule has 5 nitrogen and oxygen atoms in total. The molecule has 0 heterocycles. The van der Waals surface area contributed by atoms with E-state index in [9.17, 15) is 9.59 Å². The van der Waals surface area contributed by atoms with E-state index in [0.29, 0.717) is 13.0 Å². The van der Waals surface area contributed by atoms with Crippen molar-refractivity contribution in [3.63, 3.8) is 0 Å². The average molecular weight is 827 g/mol.